The van der Waals surface area contributed by atoms with Gasteiger partial charge in [0.25, 0.3) is 0 Å². The Morgan fingerprint density at radius 1 is 1.11 bits per heavy atom. The number of nitrogens with two attached hydrogens (primary N) is 1. The highest BCUT2D eigenvalue weighted by Gasteiger charge is 2.29. The fourth-order valence-corrected chi connectivity index (χ4v) is 3.96. The van der Waals surface area contributed by atoms with E-state index in [0.717, 1.165) is 18.5 Å². The van der Waals surface area contributed by atoms with E-state index in [-0.39, 0.29) is 11.7 Å². The molecule has 19 heavy (non-hydrogen) atoms. The van der Waals surface area contributed by atoms with E-state index in [9.17, 15) is 0 Å². The van der Waals surface area contributed by atoms with Gasteiger partial charge in [0.2, 0.25) is 0 Å². The average molecular weight is 298 g/mol. The van der Waals surface area contributed by atoms with Crippen LogP contribution in [0.1, 0.15) is 25.8 Å². The Balaban J connectivity index is 2.58. The maximum absolute atomic E-state index is 5.89. The lowest BCUT2D eigenvalue weighted by Gasteiger charge is -2.34. The molecule has 1 aromatic carbocycles. The molecule has 0 saturated heterocycles. The molecule has 0 amide bonds. The van der Waals surface area contributed by atoms with Gasteiger partial charge in [-0.25, -0.2) is 0 Å². The Morgan fingerprint density at radius 2 is 1.63 bits per heavy atom. The van der Waals surface area contributed by atoms with Crippen LogP contribution in [0.25, 0.3) is 0 Å². The summed E-state index contributed by atoms with van der Waals surface area (Å²) in [5, 5.41) is 0. The molecule has 1 aromatic rings. The van der Waals surface area contributed by atoms with Crippen molar-refractivity contribution in [2.24, 2.45) is 5.41 Å². The smallest absolute Gasteiger partial charge is 0.161 e. The molecule has 0 aliphatic carbocycles. The van der Waals surface area contributed by atoms with Crippen molar-refractivity contribution in [3.63, 3.8) is 0 Å². The van der Waals surface area contributed by atoms with Gasteiger partial charge >= 0.3 is 0 Å². The number of nitrogen functional groups attached to an aromatic ring is 1. The highest BCUT2D eigenvalue weighted by Crippen LogP contribution is 2.30. The van der Waals surface area contributed by atoms with E-state index >= 15 is 0 Å². The van der Waals surface area contributed by atoms with Gasteiger partial charge in [0.1, 0.15) is 6.29 Å². The number of rotatable bonds is 8. The molecule has 0 spiro atoms. The molecule has 2 N–H and O–H groups in total. The fraction of sp³-hybridized carbons (Fsp3) is 0.571. The molecule has 0 aliphatic heterocycles. The van der Waals surface area contributed by atoms with E-state index in [1.165, 1.54) is 5.56 Å². The van der Waals surface area contributed by atoms with Crippen LogP contribution in [-0.4, -0.2) is 25.8 Å². The summed E-state index contributed by atoms with van der Waals surface area (Å²) in [6, 6.07) is 8.13. The van der Waals surface area contributed by atoms with Gasteiger partial charge in [-0.2, -0.15) is 0 Å². The minimum absolute atomic E-state index is 0.0189. The third-order valence-corrected chi connectivity index (χ3v) is 4.58. The molecule has 1 rings (SSSR count). The first-order valence-electron chi connectivity index (χ1n) is 7.07. The Kier molecular flexibility index (Phi) is 6.78. The lowest BCUT2D eigenvalue weighted by molar-refractivity contribution is -0.0817. The van der Waals surface area contributed by atoms with Gasteiger partial charge in [0.15, 0.2) is 19.5 Å². The monoisotopic (exact) mass is 297 g/mol. The normalized spacial score (nSPS) is 14.7. The summed E-state index contributed by atoms with van der Waals surface area (Å²) in [5.41, 5.74) is 7.91. The number of hydrogen-bond acceptors (Lipinski definition) is 3. The van der Waals surface area contributed by atoms with E-state index in [1.807, 2.05) is 12.1 Å². The van der Waals surface area contributed by atoms with Crippen molar-refractivity contribution in [2.45, 2.75) is 46.1 Å². The maximum Gasteiger partial charge on any atom is 0.161 e. The largest absolute Gasteiger partial charge is 0.400 e. The van der Waals surface area contributed by atoms with Gasteiger partial charge in [-0.05, 0) is 30.5 Å². The van der Waals surface area contributed by atoms with E-state index in [2.05, 4.69) is 39.1 Å². The van der Waals surface area contributed by atoms with Crippen molar-refractivity contribution in [2.75, 3.05) is 5.73 Å². The first kappa shape index (κ1) is 16.4. The summed E-state index contributed by atoms with van der Waals surface area (Å²) in [5.74, 6) is 0. The molecular weight excluding hydrogens is 270 g/mol. The molecule has 5 heteroatoms. The van der Waals surface area contributed by atoms with Crippen molar-refractivity contribution < 1.29 is 8.85 Å². The molecule has 0 aromatic heterocycles. The van der Waals surface area contributed by atoms with Crippen LogP contribution in [0.15, 0.2) is 24.3 Å². The van der Waals surface area contributed by atoms with Gasteiger partial charge in [-0.3, -0.25) is 0 Å². The Morgan fingerprint density at radius 3 is 2.11 bits per heavy atom. The molecule has 0 unspecified atom stereocenters. The molecule has 3 nitrogen and oxygen atoms in total. The van der Waals surface area contributed by atoms with Gasteiger partial charge in [-0.15, -0.1) is 0 Å². The van der Waals surface area contributed by atoms with E-state index < -0.39 is 19.5 Å². The fourth-order valence-electron chi connectivity index (χ4n) is 2.07. The second-order valence-corrected chi connectivity index (χ2v) is 7.29. The van der Waals surface area contributed by atoms with Crippen molar-refractivity contribution in [1.82, 2.24) is 0 Å². The molecule has 108 valence electrons. The van der Waals surface area contributed by atoms with Gasteiger partial charge < -0.3 is 14.6 Å². The van der Waals surface area contributed by atoms with Crippen LogP contribution >= 0.6 is 0 Å². The summed E-state index contributed by atoms with van der Waals surface area (Å²) in [6.07, 6.45) is 2.08. The Hall–Kier alpha value is -0.626. The minimum Gasteiger partial charge on any atom is -0.400 e. The Labute approximate surface area is 121 Å². The van der Waals surface area contributed by atoms with Crippen LogP contribution < -0.4 is 5.73 Å². The number of benzene rings is 1. The zero-order chi connectivity index (χ0) is 14.3. The number of aryl methyl sites for hydroxylation is 1. The predicted molar refractivity (Wildman–Crippen MR) is 87.7 cm³/mol. The van der Waals surface area contributed by atoms with Crippen molar-refractivity contribution in [1.29, 1.82) is 0 Å². The highest BCUT2D eigenvalue weighted by molar-refractivity contribution is 6.26. The molecule has 0 bridgehead atoms. The summed E-state index contributed by atoms with van der Waals surface area (Å²) in [6.45, 7) is 8.79. The molecule has 0 atom stereocenters. The lowest BCUT2D eigenvalue weighted by atomic mass is 9.85. The molecule has 0 fully saturated rings. The van der Waals surface area contributed by atoms with Crippen LogP contribution in [0, 0.1) is 5.41 Å². The molecule has 0 radical (unpaired) electrons. The molecule has 0 saturated carbocycles. The summed E-state index contributed by atoms with van der Waals surface area (Å²) < 4.78 is 11.8. The first-order valence-corrected chi connectivity index (χ1v) is 11.1. The summed E-state index contributed by atoms with van der Waals surface area (Å²) >= 11 is 0. The second kappa shape index (κ2) is 7.84. The average Bonchev–Trinajstić information content (AvgIpc) is 2.38. The summed E-state index contributed by atoms with van der Waals surface area (Å²) in [7, 11) is -0.876. The van der Waals surface area contributed by atoms with Crippen LogP contribution in [0.2, 0.25) is 13.1 Å². The zero-order valence-corrected chi connectivity index (χ0v) is 15.4. The highest BCUT2D eigenvalue weighted by atomic mass is 28.2. The lowest BCUT2D eigenvalue weighted by Crippen LogP contribution is -2.36. The second-order valence-electron chi connectivity index (χ2n) is 5.47. The zero-order valence-electron chi connectivity index (χ0n) is 12.6. The maximum atomic E-state index is 5.89. The molecular formula is C14H27NO2Si2. The van der Waals surface area contributed by atoms with Crippen LogP contribution in [-0.2, 0) is 15.3 Å². The van der Waals surface area contributed by atoms with Crippen LogP contribution in [0.5, 0.6) is 0 Å². The van der Waals surface area contributed by atoms with E-state index in [1.54, 1.807) is 0 Å². The van der Waals surface area contributed by atoms with Crippen molar-refractivity contribution >= 4 is 25.2 Å². The number of hydrogen-bond donors (Lipinski definition) is 1. The van der Waals surface area contributed by atoms with Gasteiger partial charge in [0.05, 0.1) is 0 Å². The van der Waals surface area contributed by atoms with Crippen LogP contribution in [0.3, 0.4) is 0 Å². The standard InChI is InChI=1S/C14H27NO2Si2/c1-14(2,13(16-18-3)17-19-4)10-9-11-5-7-12(15)8-6-11/h5-8,13H,9-10,15,18-19H2,1-4H3. The molecule has 0 heterocycles. The third kappa shape index (κ3) is 5.48. The Bertz CT molecular complexity index is 362. The summed E-state index contributed by atoms with van der Waals surface area (Å²) in [4.78, 5) is 0. The molecule has 0 aliphatic rings. The SMILES string of the molecule is C[SiH2]OC(O[SiH2]C)C(C)(C)CCc1ccc(N)cc1. The third-order valence-electron chi connectivity index (χ3n) is 3.31. The number of anilines is 1. The van der Waals surface area contributed by atoms with Gasteiger partial charge in [0, 0.05) is 11.1 Å². The van der Waals surface area contributed by atoms with Crippen molar-refractivity contribution in [3.05, 3.63) is 29.8 Å². The minimum atomic E-state index is -0.438. The topological polar surface area (TPSA) is 44.5 Å². The van der Waals surface area contributed by atoms with Gasteiger partial charge in [-0.1, -0.05) is 39.1 Å². The van der Waals surface area contributed by atoms with Crippen LogP contribution in [0.4, 0.5) is 5.69 Å². The van der Waals surface area contributed by atoms with Crippen molar-refractivity contribution in [3.8, 4) is 0 Å². The first-order chi connectivity index (χ1) is 8.99. The predicted octanol–water partition coefficient (Wildman–Crippen LogP) is 1.85. The quantitative estimate of drug-likeness (QED) is 0.452. The van der Waals surface area contributed by atoms with E-state index in [0.29, 0.717) is 0 Å². The van der Waals surface area contributed by atoms with E-state index in [4.69, 9.17) is 14.6 Å².